The van der Waals surface area contributed by atoms with Gasteiger partial charge in [-0.3, -0.25) is 9.69 Å². The van der Waals surface area contributed by atoms with Gasteiger partial charge in [-0.25, -0.2) is 4.39 Å². The van der Waals surface area contributed by atoms with Crippen LogP contribution in [0.1, 0.15) is 48.0 Å². The molecule has 2 aliphatic rings. The third-order valence-corrected chi connectivity index (χ3v) is 6.83. The molecule has 33 heavy (non-hydrogen) atoms. The lowest BCUT2D eigenvalue weighted by Gasteiger charge is -2.42. The van der Waals surface area contributed by atoms with Gasteiger partial charge in [0.05, 0.1) is 25.5 Å². The average molecular weight is 453 g/mol. The summed E-state index contributed by atoms with van der Waals surface area (Å²) in [7, 11) is 3.17. The Morgan fingerprint density at radius 2 is 1.67 bits per heavy atom. The molecule has 1 aliphatic heterocycles. The van der Waals surface area contributed by atoms with Crippen LogP contribution in [0.3, 0.4) is 0 Å². The van der Waals surface area contributed by atoms with Crippen molar-refractivity contribution in [2.45, 2.75) is 38.1 Å². The molecule has 1 saturated carbocycles. The maximum absolute atomic E-state index is 13.9. The first-order chi connectivity index (χ1) is 16.1. The van der Waals surface area contributed by atoms with Gasteiger partial charge < -0.3 is 14.4 Å². The van der Waals surface area contributed by atoms with Crippen LogP contribution in [0.15, 0.2) is 42.5 Å². The van der Waals surface area contributed by atoms with E-state index in [9.17, 15) is 9.18 Å². The third-order valence-electron chi connectivity index (χ3n) is 6.83. The van der Waals surface area contributed by atoms with E-state index in [-0.39, 0.29) is 11.6 Å². The molecule has 6 heteroatoms. The van der Waals surface area contributed by atoms with Crippen molar-refractivity contribution >= 4 is 17.5 Å². The zero-order chi connectivity index (χ0) is 23.2. The zero-order valence-corrected chi connectivity index (χ0v) is 19.6. The second-order valence-corrected chi connectivity index (χ2v) is 8.76. The molecule has 1 aliphatic carbocycles. The molecule has 0 bridgehead atoms. The Bertz CT molecular complexity index is 993. The molecule has 0 spiro atoms. The Labute approximate surface area is 195 Å². The van der Waals surface area contributed by atoms with Crippen LogP contribution in [0.4, 0.5) is 10.1 Å². The minimum Gasteiger partial charge on any atom is -0.496 e. The lowest BCUT2D eigenvalue weighted by atomic mass is 9.94. The number of ether oxygens (including phenoxy) is 2. The van der Waals surface area contributed by atoms with Crippen molar-refractivity contribution < 1.29 is 18.7 Å². The maximum atomic E-state index is 13.9. The molecule has 0 atom stereocenters. The number of benzene rings is 2. The summed E-state index contributed by atoms with van der Waals surface area (Å²) in [5.41, 5.74) is 1.71. The molecule has 0 amide bonds. The van der Waals surface area contributed by atoms with E-state index in [1.54, 1.807) is 31.4 Å². The zero-order valence-electron chi connectivity index (χ0n) is 19.6. The van der Waals surface area contributed by atoms with Crippen molar-refractivity contribution in [3.8, 4) is 11.5 Å². The van der Waals surface area contributed by atoms with Gasteiger partial charge in [-0.2, -0.15) is 0 Å². The fourth-order valence-electron chi connectivity index (χ4n) is 4.96. The molecular formula is C27H33FN2O3. The van der Waals surface area contributed by atoms with Gasteiger partial charge in [0.2, 0.25) is 0 Å². The van der Waals surface area contributed by atoms with E-state index in [0.717, 1.165) is 31.9 Å². The highest BCUT2D eigenvalue weighted by Gasteiger charge is 2.27. The Hall–Kier alpha value is -2.86. The van der Waals surface area contributed by atoms with E-state index in [1.807, 2.05) is 6.07 Å². The minimum atomic E-state index is -0.361. The number of rotatable bonds is 7. The first-order valence-corrected chi connectivity index (χ1v) is 11.8. The number of halogens is 1. The smallest absolute Gasteiger partial charge is 0.189 e. The van der Waals surface area contributed by atoms with Gasteiger partial charge in [0, 0.05) is 43.9 Å². The molecule has 4 rings (SSSR count). The van der Waals surface area contributed by atoms with Gasteiger partial charge >= 0.3 is 0 Å². The Kier molecular flexibility index (Phi) is 7.65. The summed E-state index contributed by atoms with van der Waals surface area (Å²) < 4.78 is 25.1. The summed E-state index contributed by atoms with van der Waals surface area (Å²) in [5, 5.41) is 0. The third kappa shape index (κ3) is 5.38. The van der Waals surface area contributed by atoms with Gasteiger partial charge in [-0.15, -0.1) is 0 Å². The largest absolute Gasteiger partial charge is 0.496 e. The molecule has 0 unspecified atom stereocenters. The molecule has 1 heterocycles. The molecule has 5 nitrogen and oxygen atoms in total. The van der Waals surface area contributed by atoms with Gasteiger partial charge in [-0.1, -0.05) is 37.5 Å². The van der Waals surface area contributed by atoms with E-state index in [2.05, 4.69) is 9.80 Å². The van der Waals surface area contributed by atoms with Crippen LogP contribution in [0, 0.1) is 5.82 Å². The SMILES string of the molecule is COc1cc(OC)c(N2CCN(C3CCCCC3)CC2)cc1C(=O)/C=C/c1ccccc1F. The van der Waals surface area contributed by atoms with Gasteiger partial charge in [0.25, 0.3) is 0 Å². The predicted molar refractivity (Wildman–Crippen MR) is 130 cm³/mol. The van der Waals surface area contributed by atoms with Crippen LogP contribution in [0.2, 0.25) is 0 Å². The molecule has 0 aromatic heterocycles. The van der Waals surface area contributed by atoms with E-state index >= 15 is 0 Å². The van der Waals surface area contributed by atoms with Gasteiger partial charge in [0.15, 0.2) is 5.78 Å². The molecule has 2 aromatic rings. The number of methoxy groups -OCH3 is 2. The van der Waals surface area contributed by atoms with E-state index in [0.29, 0.717) is 28.7 Å². The van der Waals surface area contributed by atoms with Crippen molar-refractivity contribution in [3.05, 3.63) is 59.4 Å². The second-order valence-electron chi connectivity index (χ2n) is 8.76. The normalized spacial score (nSPS) is 18.0. The monoisotopic (exact) mass is 452 g/mol. The lowest BCUT2D eigenvalue weighted by Crippen LogP contribution is -2.51. The number of ketones is 1. The first kappa shape index (κ1) is 23.3. The number of piperazine rings is 1. The number of carbonyl (C=O) groups is 1. The Morgan fingerprint density at radius 1 is 0.970 bits per heavy atom. The Morgan fingerprint density at radius 3 is 2.33 bits per heavy atom. The molecule has 0 N–H and O–H groups in total. The fraction of sp³-hybridized carbons (Fsp3) is 0.444. The predicted octanol–water partition coefficient (Wildman–Crippen LogP) is 5.19. The van der Waals surface area contributed by atoms with Crippen LogP contribution in [0.5, 0.6) is 11.5 Å². The summed E-state index contributed by atoms with van der Waals surface area (Å²) in [6, 6.07) is 10.7. The van der Waals surface area contributed by atoms with Crippen molar-refractivity contribution in [2.75, 3.05) is 45.3 Å². The average Bonchev–Trinajstić information content (AvgIpc) is 2.88. The second kappa shape index (κ2) is 10.8. The van der Waals surface area contributed by atoms with Crippen molar-refractivity contribution in [1.29, 1.82) is 0 Å². The Balaban J connectivity index is 1.54. The topological polar surface area (TPSA) is 42.0 Å². The molecule has 1 saturated heterocycles. The highest BCUT2D eigenvalue weighted by Crippen LogP contribution is 2.37. The summed E-state index contributed by atoms with van der Waals surface area (Å²) >= 11 is 0. The van der Waals surface area contributed by atoms with Crippen LogP contribution >= 0.6 is 0 Å². The molecular weight excluding hydrogens is 419 g/mol. The number of nitrogens with zero attached hydrogens (tertiary/aromatic N) is 2. The van der Waals surface area contributed by atoms with Gasteiger partial charge in [0.1, 0.15) is 17.3 Å². The molecule has 0 radical (unpaired) electrons. The molecule has 2 fully saturated rings. The van der Waals surface area contributed by atoms with E-state index in [4.69, 9.17) is 9.47 Å². The fourth-order valence-corrected chi connectivity index (χ4v) is 4.96. The summed E-state index contributed by atoms with van der Waals surface area (Å²) in [4.78, 5) is 18.0. The first-order valence-electron chi connectivity index (χ1n) is 11.8. The van der Waals surface area contributed by atoms with E-state index in [1.165, 1.54) is 57.4 Å². The number of carbonyl (C=O) groups excluding carboxylic acids is 1. The quantitative estimate of drug-likeness (QED) is 0.427. The van der Waals surface area contributed by atoms with Crippen molar-refractivity contribution in [3.63, 3.8) is 0 Å². The van der Waals surface area contributed by atoms with Gasteiger partial charge in [-0.05, 0) is 37.1 Å². The number of anilines is 1. The highest BCUT2D eigenvalue weighted by molar-refractivity contribution is 6.09. The standard InChI is InChI=1S/C27H33FN2O3/c1-32-26-19-27(33-2)24(30-16-14-29(15-17-30)21-9-4-3-5-10-21)18-22(26)25(31)13-12-20-8-6-7-11-23(20)28/h6-8,11-13,18-19,21H,3-5,9-10,14-17H2,1-2H3/b13-12+. The number of hydrogen-bond donors (Lipinski definition) is 0. The van der Waals surface area contributed by atoms with Crippen LogP contribution in [0.25, 0.3) is 6.08 Å². The van der Waals surface area contributed by atoms with Crippen LogP contribution < -0.4 is 14.4 Å². The van der Waals surface area contributed by atoms with E-state index < -0.39 is 0 Å². The molecule has 176 valence electrons. The number of allylic oxidation sites excluding steroid dienone is 1. The summed E-state index contributed by atoms with van der Waals surface area (Å²) in [6.45, 7) is 3.79. The highest BCUT2D eigenvalue weighted by atomic mass is 19.1. The maximum Gasteiger partial charge on any atom is 0.189 e. The lowest BCUT2D eigenvalue weighted by molar-refractivity contribution is 0.104. The van der Waals surface area contributed by atoms with Crippen molar-refractivity contribution in [2.24, 2.45) is 0 Å². The summed E-state index contributed by atoms with van der Waals surface area (Å²) in [5.74, 6) is 0.534. The minimum absolute atomic E-state index is 0.236. The number of hydrogen-bond acceptors (Lipinski definition) is 5. The van der Waals surface area contributed by atoms with Crippen LogP contribution in [-0.4, -0.2) is 57.1 Å². The summed E-state index contributed by atoms with van der Waals surface area (Å²) in [6.07, 6.45) is 9.54. The van der Waals surface area contributed by atoms with Crippen LogP contribution in [-0.2, 0) is 0 Å². The molecule has 2 aromatic carbocycles. The van der Waals surface area contributed by atoms with Crippen molar-refractivity contribution in [1.82, 2.24) is 4.90 Å².